The van der Waals surface area contributed by atoms with E-state index in [2.05, 4.69) is 9.97 Å². The quantitative estimate of drug-likeness (QED) is 0.205. The Kier molecular flexibility index (Phi) is 6.88. The standard InChI is InChI=1S/C27H21ClN6O4/c1-37-23-14-21(38-15-18-5-7-19(28)8-6-18)9-10-22(23)25-24-26(29)30-16-31-27(24)34(32-25)20-4-2-3-17(13-20)11-12-33(35)36/h2-14,16H,15H2,1H3,(H2,29,30,31)/b12-11-. The molecule has 0 aliphatic heterocycles. The van der Waals surface area contributed by atoms with Crippen molar-refractivity contribution in [1.82, 2.24) is 19.7 Å². The maximum Gasteiger partial charge on any atom is 0.235 e. The monoisotopic (exact) mass is 528 g/mol. The Morgan fingerprint density at radius 1 is 1.11 bits per heavy atom. The molecule has 0 bridgehead atoms. The summed E-state index contributed by atoms with van der Waals surface area (Å²) < 4.78 is 13.3. The second kappa shape index (κ2) is 10.6. The van der Waals surface area contributed by atoms with Crippen LogP contribution < -0.4 is 15.2 Å². The third kappa shape index (κ3) is 5.11. The third-order valence-corrected chi connectivity index (χ3v) is 6.00. The van der Waals surface area contributed by atoms with E-state index in [1.165, 1.54) is 12.4 Å². The molecular formula is C27H21ClN6O4. The molecule has 0 aliphatic rings. The second-order valence-corrected chi connectivity index (χ2v) is 8.63. The lowest BCUT2D eigenvalue weighted by molar-refractivity contribution is -0.400. The van der Waals surface area contributed by atoms with Gasteiger partial charge in [-0.15, -0.1) is 0 Å². The number of nitro groups is 1. The molecule has 0 unspecified atom stereocenters. The third-order valence-electron chi connectivity index (χ3n) is 5.74. The molecule has 0 spiro atoms. The molecule has 0 saturated heterocycles. The highest BCUT2D eigenvalue weighted by Crippen LogP contribution is 2.38. The fourth-order valence-electron chi connectivity index (χ4n) is 3.95. The maximum absolute atomic E-state index is 10.8. The van der Waals surface area contributed by atoms with Crippen molar-refractivity contribution >= 4 is 34.5 Å². The molecule has 190 valence electrons. The molecule has 0 aliphatic carbocycles. The summed E-state index contributed by atoms with van der Waals surface area (Å²) in [5.41, 5.74) is 10.2. The number of methoxy groups -OCH3 is 1. The van der Waals surface area contributed by atoms with Gasteiger partial charge in [0, 0.05) is 22.7 Å². The van der Waals surface area contributed by atoms with E-state index >= 15 is 0 Å². The van der Waals surface area contributed by atoms with Crippen molar-refractivity contribution in [2.45, 2.75) is 6.61 Å². The van der Waals surface area contributed by atoms with Crippen molar-refractivity contribution in [3.8, 4) is 28.4 Å². The largest absolute Gasteiger partial charge is 0.496 e. The number of rotatable bonds is 8. The maximum atomic E-state index is 10.8. The zero-order valence-electron chi connectivity index (χ0n) is 20.1. The van der Waals surface area contributed by atoms with Crippen molar-refractivity contribution in [3.63, 3.8) is 0 Å². The number of anilines is 1. The van der Waals surface area contributed by atoms with E-state index in [-0.39, 0.29) is 5.82 Å². The summed E-state index contributed by atoms with van der Waals surface area (Å²) in [5.74, 6) is 1.39. The highest BCUT2D eigenvalue weighted by atomic mass is 35.5. The first kappa shape index (κ1) is 24.7. The van der Waals surface area contributed by atoms with Crippen LogP contribution in [0.25, 0.3) is 34.1 Å². The number of hydrogen-bond acceptors (Lipinski definition) is 8. The van der Waals surface area contributed by atoms with E-state index in [1.807, 2.05) is 42.5 Å². The molecule has 0 atom stereocenters. The summed E-state index contributed by atoms with van der Waals surface area (Å²) in [6.07, 6.45) is 3.65. The normalized spacial score (nSPS) is 11.2. The Bertz CT molecular complexity index is 1670. The van der Waals surface area contributed by atoms with Crippen molar-refractivity contribution in [2.24, 2.45) is 0 Å². The second-order valence-electron chi connectivity index (χ2n) is 8.19. The molecule has 0 radical (unpaired) electrons. The summed E-state index contributed by atoms with van der Waals surface area (Å²) in [6, 6.07) is 20.0. The van der Waals surface area contributed by atoms with Crippen LogP contribution in [0.2, 0.25) is 5.02 Å². The van der Waals surface area contributed by atoms with Gasteiger partial charge in [0.05, 0.1) is 23.1 Å². The van der Waals surface area contributed by atoms with Gasteiger partial charge in [-0.3, -0.25) is 10.1 Å². The van der Waals surface area contributed by atoms with E-state index < -0.39 is 4.92 Å². The molecular weight excluding hydrogens is 508 g/mol. The summed E-state index contributed by atoms with van der Waals surface area (Å²) in [5, 5.41) is 16.8. The first-order valence-electron chi connectivity index (χ1n) is 11.4. The van der Waals surface area contributed by atoms with E-state index in [4.69, 9.17) is 31.9 Å². The number of nitrogen functional groups attached to an aromatic ring is 1. The summed E-state index contributed by atoms with van der Waals surface area (Å²) in [6.45, 7) is 0.360. The van der Waals surface area contributed by atoms with Crippen molar-refractivity contribution in [2.75, 3.05) is 12.8 Å². The molecule has 2 heterocycles. The van der Waals surface area contributed by atoms with Crippen molar-refractivity contribution < 1.29 is 14.4 Å². The van der Waals surface area contributed by atoms with Crippen LogP contribution in [-0.4, -0.2) is 31.8 Å². The lowest BCUT2D eigenvalue weighted by atomic mass is 10.1. The van der Waals surface area contributed by atoms with Gasteiger partial charge in [-0.25, -0.2) is 14.6 Å². The van der Waals surface area contributed by atoms with Gasteiger partial charge in [0.25, 0.3) is 0 Å². The van der Waals surface area contributed by atoms with Crippen LogP contribution in [0, 0.1) is 10.1 Å². The lowest BCUT2D eigenvalue weighted by Crippen LogP contribution is -1.99. The Labute approximate surface area is 222 Å². The average molecular weight is 529 g/mol. The number of halogens is 1. The summed E-state index contributed by atoms with van der Waals surface area (Å²) in [4.78, 5) is 18.8. The van der Waals surface area contributed by atoms with Crippen molar-refractivity contribution in [3.05, 3.63) is 106 Å². The fourth-order valence-corrected chi connectivity index (χ4v) is 4.08. The number of nitrogens with zero attached hydrogens (tertiary/aromatic N) is 5. The molecule has 0 fully saturated rings. The zero-order chi connectivity index (χ0) is 26.6. The number of fused-ring (bicyclic) bond motifs is 1. The van der Waals surface area contributed by atoms with Gasteiger partial charge < -0.3 is 15.2 Å². The Morgan fingerprint density at radius 2 is 1.92 bits per heavy atom. The average Bonchev–Trinajstić information content (AvgIpc) is 3.32. The number of hydrogen-bond donors (Lipinski definition) is 1. The van der Waals surface area contributed by atoms with E-state index in [0.29, 0.717) is 56.7 Å². The zero-order valence-corrected chi connectivity index (χ0v) is 20.9. The topological polar surface area (TPSA) is 131 Å². The van der Waals surface area contributed by atoms with Gasteiger partial charge >= 0.3 is 0 Å². The Hall–Kier alpha value is -4.96. The fraction of sp³-hybridized carbons (Fsp3) is 0.0741. The first-order valence-corrected chi connectivity index (χ1v) is 11.8. The highest BCUT2D eigenvalue weighted by molar-refractivity contribution is 6.30. The van der Waals surface area contributed by atoms with Gasteiger partial charge in [0.2, 0.25) is 6.20 Å². The smallest absolute Gasteiger partial charge is 0.235 e. The first-order chi connectivity index (χ1) is 18.4. The minimum Gasteiger partial charge on any atom is -0.496 e. The van der Waals surface area contributed by atoms with Crippen molar-refractivity contribution in [1.29, 1.82) is 0 Å². The molecule has 0 saturated carbocycles. The SMILES string of the molecule is COc1cc(OCc2ccc(Cl)cc2)ccc1-c1nn(-c2cccc(/C=C\[N+](=O)[O-])c2)c2ncnc(N)c12. The molecule has 10 nitrogen and oxygen atoms in total. The van der Waals surface area contributed by atoms with Gasteiger partial charge in [0.1, 0.15) is 35.9 Å². The van der Waals surface area contributed by atoms with Crippen LogP contribution >= 0.6 is 11.6 Å². The summed E-state index contributed by atoms with van der Waals surface area (Å²) in [7, 11) is 1.56. The molecule has 5 aromatic rings. The van der Waals surface area contributed by atoms with Gasteiger partial charge in [-0.2, -0.15) is 5.10 Å². The van der Waals surface area contributed by atoms with E-state index in [9.17, 15) is 10.1 Å². The Morgan fingerprint density at radius 3 is 2.68 bits per heavy atom. The lowest BCUT2D eigenvalue weighted by Gasteiger charge is -2.11. The van der Waals surface area contributed by atoms with E-state index in [1.54, 1.807) is 36.1 Å². The van der Waals surface area contributed by atoms with Gasteiger partial charge in [0.15, 0.2) is 5.65 Å². The van der Waals surface area contributed by atoms with Gasteiger partial charge in [-0.05, 0) is 47.5 Å². The minimum absolute atomic E-state index is 0.255. The van der Waals surface area contributed by atoms with Crippen LogP contribution in [-0.2, 0) is 6.61 Å². The molecule has 3 aromatic carbocycles. The predicted octanol–water partition coefficient (Wildman–Crippen LogP) is 5.55. The predicted molar refractivity (Wildman–Crippen MR) is 145 cm³/mol. The number of ether oxygens (including phenoxy) is 2. The van der Waals surface area contributed by atoms with Crippen LogP contribution in [0.5, 0.6) is 11.5 Å². The number of benzene rings is 3. The molecule has 5 rings (SSSR count). The highest BCUT2D eigenvalue weighted by Gasteiger charge is 2.21. The van der Waals surface area contributed by atoms with Crippen LogP contribution in [0.15, 0.2) is 79.3 Å². The summed E-state index contributed by atoms with van der Waals surface area (Å²) >= 11 is 5.96. The van der Waals surface area contributed by atoms with Crippen LogP contribution in [0.4, 0.5) is 5.82 Å². The molecule has 38 heavy (non-hydrogen) atoms. The van der Waals surface area contributed by atoms with Crippen LogP contribution in [0.3, 0.4) is 0 Å². The molecule has 2 N–H and O–H groups in total. The number of nitrogens with two attached hydrogens (primary N) is 1. The molecule has 0 amide bonds. The Balaban J connectivity index is 1.55. The van der Waals surface area contributed by atoms with Crippen LogP contribution in [0.1, 0.15) is 11.1 Å². The molecule has 11 heteroatoms. The minimum atomic E-state index is -0.517. The van der Waals surface area contributed by atoms with E-state index in [0.717, 1.165) is 11.8 Å². The molecule has 2 aromatic heterocycles. The number of aromatic nitrogens is 4. The van der Waals surface area contributed by atoms with Gasteiger partial charge in [-0.1, -0.05) is 35.9 Å².